The molecule has 2 aliphatic heterocycles. The normalized spacial score (nSPS) is 20.1. The van der Waals surface area contributed by atoms with Crippen LogP contribution in [0.2, 0.25) is 0 Å². The van der Waals surface area contributed by atoms with E-state index in [4.69, 9.17) is 21.7 Å². The first-order chi connectivity index (χ1) is 18.0. The van der Waals surface area contributed by atoms with Gasteiger partial charge in [0.25, 0.3) is 0 Å². The summed E-state index contributed by atoms with van der Waals surface area (Å²) in [4.78, 5) is 25.4. The lowest BCUT2D eigenvalue weighted by molar-refractivity contribution is 0.276. The highest BCUT2D eigenvalue weighted by Gasteiger charge is 2.39. The number of terminal acetylenes is 1. The minimum atomic E-state index is -1.13. The molecule has 2 aromatic rings. The summed E-state index contributed by atoms with van der Waals surface area (Å²) in [6, 6.07) is 0. The van der Waals surface area contributed by atoms with Crippen molar-refractivity contribution in [3.8, 4) is 18.5 Å². The first-order valence-electron chi connectivity index (χ1n) is 12.2. The van der Waals surface area contributed by atoms with Crippen LogP contribution in [-0.4, -0.2) is 68.1 Å². The van der Waals surface area contributed by atoms with Gasteiger partial charge in [-0.2, -0.15) is 10.2 Å². The smallest absolute Gasteiger partial charge is 0.227 e. The molecule has 11 nitrogen and oxygen atoms in total. The second-order valence-corrected chi connectivity index (χ2v) is 10.7. The van der Waals surface area contributed by atoms with Crippen molar-refractivity contribution in [1.82, 2.24) is 30.6 Å². The number of anilines is 2. The Bertz CT molecular complexity index is 1350. The Hall–Kier alpha value is -4.03. The standard InChI is InChI=1S/C25H28N10OS/c1-3-17-13-28-21(29-14-17)18-5-10-35(11-6-18)24-32-19-7-12-37(36)20(19)22(33-24)34-25(8-4-9-25)15-30-23(27-2)31-16-26/h1,5,13-14H,4,6-12,15H2,2H3,(H2,27,30,31)(H,32,33,34)/t37-/m1/s1. The van der Waals surface area contributed by atoms with Gasteiger partial charge >= 0.3 is 0 Å². The highest BCUT2D eigenvalue weighted by Crippen LogP contribution is 2.38. The maximum Gasteiger partial charge on any atom is 0.227 e. The second-order valence-electron chi connectivity index (χ2n) is 9.23. The van der Waals surface area contributed by atoms with Crippen molar-refractivity contribution in [3.63, 3.8) is 0 Å². The maximum atomic E-state index is 12.9. The zero-order valence-corrected chi connectivity index (χ0v) is 21.4. The van der Waals surface area contributed by atoms with Crippen LogP contribution in [0.5, 0.6) is 0 Å². The molecule has 0 unspecified atom stereocenters. The molecule has 1 aliphatic carbocycles. The van der Waals surface area contributed by atoms with Crippen LogP contribution in [0.25, 0.3) is 5.57 Å². The van der Waals surface area contributed by atoms with Crippen LogP contribution in [-0.2, 0) is 17.2 Å². The Labute approximate surface area is 218 Å². The molecule has 0 radical (unpaired) electrons. The van der Waals surface area contributed by atoms with Gasteiger partial charge in [-0.15, -0.1) is 6.42 Å². The zero-order valence-electron chi connectivity index (χ0n) is 20.6. The summed E-state index contributed by atoms with van der Waals surface area (Å²) in [5, 5.41) is 18.3. The average Bonchev–Trinajstić information content (AvgIpc) is 3.30. The van der Waals surface area contributed by atoms with Crippen LogP contribution < -0.4 is 20.9 Å². The number of nitriles is 1. The monoisotopic (exact) mass is 516 g/mol. The number of aliphatic imine (C=N–C) groups is 1. The minimum Gasteiger partial charge on any atom is -0.362 e. The minimum absolute atomic E-state index is 0.268. The highest BCUT2D eigenvalue weighted by molar-refractivity contribution is 7.85. The first-order valence-corrected chi connectivity index (χ1v) is 13.5. The molecule has 1 saturated carbocycles. The van der Waals surface area contributed by atoms with Crippen molar-refractivity contribution < 1.29 is 4.21 Å². The molecule has 3 N–H and O–H groups in total. The third kappa shape index (κ3) is 5.11. The van der Waals surface area contributed by atoms with E-state index in [1.54, 1.807) is 19.4 Å². The second kappa shape index (κ2) is 10.5. The molecule has 37 heavy (non-hydrogen) atoms. The van der Waals surface area contributed by atoms with E-state index in [0.29, 0.717) is 59.3 Å². The van der Waals surface area contributed by atoms with E-state index in [2.05, 4.69) is 47.8 Å². The largest absolute Gasteiger partial charge is 0.362 e. The molecule has 5 rings (SSSR count). The number of aryl methyl sites for hydroxylation is 1. The average molecular weight is 517 g/mol. The number of fused-ring (bicyclic) bond motifs is 1. The molecule has 12 heteroatoms. The maximum absolute atomic E-state index is 12.9. The third-order valence-corrected chi connectivity index (χ3v) is 8.42. The van der Waals surface area contributed by atoms with E-state index in [9.17, 15) is 4.21 Å². The predicted octanol–water partition coefficient (Wildman–Crippen LogP) is 1.19. The SMILES string of the molecule is C#Cc1cnc(C2=CCN(c3nc4c(c(NC5(CNC(=NC)NC#N)CCC5)n3)[S@](=O)CC4)CC2)nc1. The fourth-order valence-corrected chi connectivity index (χ4v) is 6.02. The van der Waals surface area contributed by atoms with Gasteiger partial charge in [0.2, 0.25) is 11.9 Å². The summed E-state index contributed by atoms with van der Waals surface area (Å²) in [6.07, 6.45) is 17.1. The molecule has 2 aromatic heterocycles. The van der Waals surface area contributed by atoms with Crippen molar-refractivity contribution in [3.05, 3.63) is 35.6 Å². The molecule has 4 heterocycles. The molecule has 1 atom stereocenters. The Morgan fingerprint density at radius 1 is 1.30 bits per heavy atom. The number of nitrogens with one attached hydrogen (secondary N) is 3. The van der Waals surface area contributed by atoms with Crippen LogP contribution in [0.1, 0.15) is 42.8 Å². The van der Waals surface area contributed by atoms with E-state index in [1.165, 1.54) is 0 Å². The molecular weight excluding hydrogens is 488 g/mol. The van der Waals surface area contributed by atoms with Gasteiger partial charge in [0.15, 0.2) is 12.0 Å². The van der Waals surface area contributed by atoms with Crippen molar-refractivity contribution in [1.29, 1.82) is 5.26 Å². The van der Waals surface area contributed by atoms with Gasteiger partial charge in [-0.25, -0.2) is 15.0 Å². The van der Waals surface area contributed by atoms with Crippen LogP contribution in [0.4, 0.5) is 11.8 Å². The van der Waals surface area contributed by atoms with E-state index >= 15 is 0 Å². The van der Waals surface area contributed by atoms with Crippen molar-refractivity contribution in [2.24, 2.45) is 4.99 Å². The lowest BCUT2D eigenvalue weighted by Gasteiger charge is -2.43. The number of hydrogen-bond acceptors (Lipinski definition) is 9. The van der Waals surface area contributed by atoms with Crippen LogP contribution in [0.15, 0.2) is 28.4 Å². The summed E-state index contributed by atoms with van der Waals surface area (Å²) in [6.45, 7) is 1.90. The fourth-order valence-electron chi connectivity index (χ4n) is 4.72. The number of guanidine groups is 1. The van der Waals surface area contributed by atoms with Gasteiger partial charge in [-0.05, 0) is 31.3 Å². The first kappa shape index (κ1) is 24.7. The molecule has 0 saturated heterocycles. The van der Waals surface area contributed by atoms with Gasteiger partial charge in [-0.1, -0.05) is 12.0 Å². The molecule has 3 aliphatic rings. The Morgan fingerprint density at radius 3 is 2.73 bits per heavy atom. The molecule has 0 spiro atoms. The molecular formula is C25H28N10OS. The van der Waals surface area contributed by atoms with Crippen molar-refractivity contribution in [2.45, 2.75) is 42.5 Å². The Kier molecular flexibility index (Phi) is 7.01. The number of aromatic nitrogens is 4. The lowest BCUT2D eigenvalue weighted by atomic mass is 9.76. The summed E-state index contributed by atoms with van der Waals surface area (Å²) >= 11 is 0. The number of nitrogens with zero attached hydrogens (tertiary/aromatic N) is 7. The summed E-state index contributed by atoms with van der Waals surface area (Å²) in [5.41, 5.74) is 2.30. The molecule has 0 aromatic carbocycles. The summed E-state index contributed by atoms with van der Waals surface area (Å²) in [7, 11) is 0.488. The molecule has 0 amide bonds. The summed E-state index contributed by atoms with van der Waals surface area (Å²) in [5.74, 6) is 5.47. The van der Waals surface area contributed by atoms with Gasteiger partial charge in [-0.3, -0.25) is 14.5 Å². The van der Waals surface area contributed by atoms with Gasteiger partial charge in [0, 0.05) is 51.2 Å². The number of rotatable bonds is 6. The zero-order chi connectivity index (χ0) is 25.8. The quantitative estimate of drug-likeness (QED) is 0.168. The Balaban J connectivity index is 1.37. The van der Waals surface area contributed by atoms with E-state index < -0.39 is 10.8 Å². The molecule has 1 fully saturated rings. The highest BCUT2D eigenvalue weighted by atomic mass is 32.2. The van der Waals surface area contributed by atoms with Crippen LogP contribution >= 0.6 is 0 Å². The molecule has 0 bridgehead atoms. The summed E-state index contributed by atoms with van der Waals surface area (Å²) < 4.78 is 12.9. The van der Waals surface area contributed by atoms with Crippen LogP contribution in [0.3, 0.4) is 0 Å². The Morgan fingerprint density at radius 2 is 2.11 bits per heavy atom. The van der Waals surface area contributed by atoms with Gasteiger partial charge < -0.3 is 15.5 Å². The topological polar surface area (TPSA) is 144 Å². The van der Waals surface area contributed by atoms with Crippen molar-refractivity contribution >= 4 is 34.1 Å². The van der Waals surface area contributed by atoms with Gasteiger partial charge in [0.05, 0.1) is 27.6 Å². The third-order valence-electron chi connectivity index (χ3n) is 6.96. The van der Waals surface area contributed by atoms with E-state index in [0.717, 1.165) is 43.5 Å². The van der Waals surface area contributed by atoms with E-state index in [1.807, 2.05) is 6.19 Å². The fraction of sp³-hybridized carbons (Fsp3) is 0.440. The van der Waals surface area contributed by atoms with Crippen LogP contribution in [0, 0.1) is 23.8 Å². The number of hydrogen-bond donors (Lipinski definition) is 3. The molecule has 190 valence electrons. The van der Waals surface area contributed by atoms with Crippen molar-refractivity contribution in [2.75, 3.05) is 42.7 Å². The predicted molar refractivity (Wildman–Crippen MR) is 142 cm³/mol. The lowest BCUT2D eigenvalue weighted by Crippen LogP contribution is -2.55. The van der Waals surface area contributed by atoms with Gasteiger partial charge in [0.1, 0.15) is 10.7 Å². The van der Waals surface area contributed by atoms with E-state index in [-0.39, 0.29) is 5.54 Å².